The minimum atomic E-state index is -0.717. The zero-order valence-corrected chi connectivity index (χ0v) is 9.79. The molecule has 4 nitrogen and oxygen atoms in total. The molecule has 6 heteroatoms. The fourth-order valence-corrected chi connectivity index (χ4v) is 1.54. The molecule has 2 N–H and O–H groups in total. The van der Waals surface area contributed by atoms with E-state index in [2.05, 4.69) is 10.3 Å². The van der Waals surface area contributed by atoms with Crippen LogP contribution in [0.25, 0.3) is 0 Å². The summed E-state index contributed by atoms with van der Waals surface area (Å²) in [5.41, 5.74) is -0.409. The van der Waals surface area contributed by atoms with E-state index in [1.165, 1.54) is 36.4 Å². The van der Waals surface area contributed by atoms with Gasteiger partial charge in [0.1, 0.15) is 5.69 Å². The number of anilines is 1. The Morgan fingerprint density at radius 3 is 2.67 bits per heavy atom. The number of halogens is 2. The lowest BCUT2D eigenvalue weighted by molar-refractivity contribution is 0.102. The average Bonchev–Trinajstić information content (AvgIpc) is 2.35. The number of aromatic nitrogens is 1. The molecule has 0 atom stereocenters. The zero-order valence-electron chi connectivity index (χ0n) is 9.04. The molecule has 0 radical (unpaired) electrons. The van der Waals surface area contributed by atoms with Crippen LogP contribution in [0.2, 0.25) is 5.02 Å². The van der Waals surface area contributed by atoms with Crippen LogP contribution in [-0.2, 0) is 0 Å². The van der Waals surface area contributed by atoms with Gasteiger partial charge in [0.05, 0.1) is 10.7 Å². The number of pyridine rings is 1. The molecule has 1 heterocycles. The summed E-state index contributed by atoms with van der Waals surface area (Å²) in [5.74, 6) is -1.33. The van der Waals surface area contributed by atoms with Crippen LogP contribution in [0.4, 0.5) is 10.1 Å². The standard InChI is InChI=1S/C12H8ClFN2O2/c13-7-3-1-4-8(11(7)14)16-12(18)9-5-2-6-10(17)15-9/h1-6H,(H,15,17)(H,16,18). The minimum Gasteiger partial charge on any atom is -0.318 e. The third-order valence-electron chi connectivity index (χ3n) is 2.21. The van der Waals surface area contributed by atoms with Crippen LogP contribution in [0.3, 0.4) is 0 Å². The van der Waals surface area contributed by atoms with Gasteiger partial charge in [0, 0.05) is 6.07 Å². The van der Waals surface area contributed by atoms with Crippen LogP contribution in [0, 0.1) is 5.82 Å². The number of carbonyl (C=O) groups excluding carboxylic acids is 1. The maximum atomic E-state index is 13.5. The highest BCUT2D eigenvalue weighted by atomic mass is 35.5. The van der Waals surface area contributed by atoms with Crippen molar-refractivity contribution in [1.82, 2.24) is 4.98 Å². The Balaban J connectivity index is 2.27. The largest absolute Gasteiger partial charge is 0.318 e. The average molecular weight is 267 g/mol. The Hall–Kier alpha value is -2.14. The summed E-state index contributed by atoms with van der Waals surface area (Å²) in [7, 11) is 0. The first-order chi connectivity index (χ1) is 8.58. The predicted molar refractivity (Wildman–Crippen MR) is 66.4 cm³/mol. The zero-order chi connectivity index (χ0) is 13.1. The summed E-state index contributed by atoms with van der Waals surface area (Å²) >= 11 is 5.58. The molecule has 1 aromatic heterocycles. The second kappa shape index (κ2) is 5.01. The molecule has 0 saturated carbocycles. The first-order valence-electron chi connectivity index (χ1n) is 5.02. The van der Waals surface area contributed by atoms with Crippen LogP contribution in [-0.4, -0.2) is 10.9 Å². The fraction of sp³-hybridized carbons (Fsp3) is 0. The molecule has 0 unspecified atom stereocenters. The first-order valence-corrected chi connectivity index (χ1v) is 5.40. The van der Waals surface area contributed by atoms with Crippen molar-refractivity contribution in [3.8, 4) is 0 Å². The van der Waals surface area contributed by atoms with Gasteiger partial charge in [0.25, 0.3) is 5.91 Å². The van der Waals surface area contributed by atoms with Gasteiger partial charge in [-0.3, -0.25) is 9.59 Å². The molecule has 0 aliphatic heterocycles. The third-order valence-corrected chi connectivity index (χ3v) is 2.50. The Labute approximate surface area is 106 Å². The van der Waals surface area contributed by atoms with Gasteiger partial charge in [-0.15, -0.1) is 0 Å². The van der Waals surface area contributed by atoms with E-state index >= 15 is 0 Å². The number of aromatic amines is 1. The number of amides is 1. The smallest absolute Gasteiger partial charge is 0.272 e. The summed E-state index contributed by atoms with van der Waals surface area (Å²) in [5, 5.41) is 2.24. The maximum absolute atomic E-state index is 13.5. The van der Waals surface area contributed by atoms with Crippen LogP contribution >= 0.6 is 11.6 Å². The van der Waals surface area contributed by atoms with Crippen molar-refractivity contribution >= 4 is 23.2 Å². The molecular weight excluding hydrogens is 259 g/mol. The van der Waals surface area contributed by atoms with E-state index in [0.717, 1.165) is 0 Å². The molecule has 0 aliphatic carbocycles. The predicted octanol–water partition coefficient (Wildman–Crippen LogP) is 2.42. The first kappa shape index (κ1) is 12.3. The van der Waals surface area contributed by atoms with Crippen molar-refractivity contribution in [1.29, 1.82) is 0 Å². The van der Waals surface area contributed by atoms with Gasteiger partial charge in [0.2, 0.25) is 5.56 Å². The van der Waals surface area contributed by atoms with E-state index < -0.39 is 17.3 Å². The van der Waals surface area contributed by atoms with Gasteiger partial charge in [-0.2, -0.15) is 0 Å². The van der Waals surface area contributed by atoms with Crippen molar-refractivity contribution in [2.24, 2.45) is 0 Å². The van der Waals surface area contributed by atoms with E-state index in [0.29, 0.717) is 0 Å². The molecule has 18 heavy (non-hydrogen) atoms. The fourth-order valence-electron chi connectivity index (χ4n) is 1.37. The Bertz CT molecular complexity index is 655. The Morgan fingerprint density at radius 2 is 1.94 bits per heavy atom. The molecule has 0 saturated heterocycles. The molecule has 0 fully saturated rings. The number of nitrogens with one attached hydrogen (secondary N) is 2. The maximum Gasteiger partial charge on any atom is 0.272 e. The molecule has 0 bridgehead atoms. The van der Waals surface area contributed by atoms with Crippen molar-refractivity contribution < 1.29 is 9.18 Å². The van der Waals surface area contributed by atoms with E-state index in [1.807, 2.05) is 0 Å². The second-order valence-electron chi connectivity index (χ2n) is 3.48. The summed E-state index contributed by atoms with van der Waals surface area (Å²) < 4.78 is 13.5. The van der Waals surface area contributed by atoms with Crippen molar-refractivity contribution in [2.75, 3.05) is 5.32 Å². The van der Waals surface area contributed by atoms with E-state index in [-0.39, 0.29) is 16.4 Å². The lowest BCUT2D eigenvalue weighted by atomic mass is 10.3. The van der Waals surface area contributed by atoms with Gasteiger partial charge in [-0.05, 0) is 18.2 Å². The molecule has 1 aromatic carbocycles. The molecule has 2 rings (SSSR count). The highest BCUT2D eigenvalue weighted by Crippen LogP contribution is 2.22. The van der Waals surface area contributed by atoms with Gasteiger partial charge in [-0.25, -0.2) is 4.39 Å². The summed E-state index contributed by atoms with van der Waals surface area (Å²) in [6.45, 7) is 0. The number of rotatable bonds is 2. The summed E-state index contributed by atoms with van der Waals surface area (Å²) in [6, 6.07) is 8.38. The van der Waals surface area contributed by atoms with Gasteiger partial charge >= 0.3 is 0 Å². The Morgan fingerprint density at radius 1 is 1.22 bits per heavy atom. The molecular formula is C12H8ClFN2O2. The highest BCUT2D eigenvalue weighted by molar-refractivity contribution is 6.31. The molecule has 0 aliphatic rings. The van der Waals surface area contributed by atoms with E-state index in [1.54, 1.807) is 0 Å². The number of carbonyl (C=O) groups is 1. The van der Waals surface area contributed by atoms with Crippen LogP contribution in [0.1, 0.15) is 10.5 Å². The quantitative estimate of drug-likeness (QED) is 0.877. The lowest BCUT2D eigenvalue weighted by Crippen LogP contribution is -2.18. The third kappa shape index (κ3) is 2.57. The Kier molecular flexibility index (Phi) is 3.43. The lowest BCUT2D eigenvalue weighted by Gasteiger charge is -2.06. The monoisotopic (exact) mass is 266 g/mol. The van der Waals surface area contributed by atoms with Crippen LogP contribution < -0.4 is 10.9 Å². The summed E-state index contributed by atoms with van der Waals surface area (Å²) in [6.07, 6.45) is 0. The van der Waals surface area contributed by atoms with Crippen molar-refractivity contribution in [3.63, 3.8) is 0 Å². The molecule has 1 amide bonds. The molecule has 92 valence electrons. The number of H-pyrrole nitrogens is 1. The second-order valence-corrected chi connectivity index (χ2v) is 3.89. The van der Waals surface area contributed by atoms with E-state index in [4.69, 9.17) is 11.6 Å². The van der Waals surface area contributed by atoms with Gasteiger partial charge < -0.3 is 10.3 Å². The van der Waals surface area contributed by atoms with Crippen molar-refractivity contribution in [3.05, 3.63) is 63.3 Å². The van der Waals surface area contributed by atoms with E-state index in [9.17, 15) is 14.0 Å². The number of hydrogen-bond acceptors (Lipinski definition) is 2. The number of hydrogen-bond donors (Lipinski definition) is 2. The topological polar surface area (TPSA) is 62.0 Å². The van der Waals surface area contributed by atoms with Gasteiger partial charge in [-0.1, -0.05) is 23.7 Å². The van der Waals surface area contributed by atoms with Crippen LogP contribution in [0.5, 0.6) is 0 Å². The van der Waals surface area contributed by atoms with Crippen LogP contribution in [0.15, 0.2) is 41.2 Å². The minimum absolute atomic E-state index is 0.0434. The normalized spacial score (nSPS) is 10.1. The SMILES string of the molecule is O=C(Nc1cccc(Cl)c1F)c1cccc(=O)[nH]1. The molecule has 0 spiro atoms. The number of benzene rings is 1. The van der Waals surface area contributed by atoms with Crippen molar-refractivity contribution in [2.45, 2.75) is 0 Å². The van der Waals surface area contributed by atoms with Gasteiger partial charge in [0.15, 0.2) is 5.82 Å². The highest BCUT2D eigenvalue weighted by Gasteiger charge is 2.11. The summed E-state index contributed by atoms with van der Waals surface area (Å²) in [4.78, 5) is 25.1. The molecule has 2 aromatic rings.